The number of rotatable bonds is 1. The molecule has 18 heavy (non-hydrogen) atoms. The molecule has 2 heterocycles. The fourth-order valence-corrected chi connectivity index (χ4v) is 2.88. The van der Waals surface area contributed by atoms with E-state index in [1.807, 2.05) is 18.4 Å². The molecule has 0 saturated heterocycles. The summed E-state index contributed by atoms with van der Waals surface area (Å²) in [6.45, 7) is 1.86. The van der Waals surface area contributed by atoms with Crippen molar-refractivity contribution in [2.24, 2.45) is 0 Å². The Morgan fingerprint density at radius 3 is 2.94 bits per heavy atom. The molecule has 3 rings (SSSR count). The molecule has 0 saturated carbocycles. The maximum Gasteiger partial charge on any atom is 0.231 e. The summed E-state index contributed by atoms with van der Waals surface area (Å²) in [5.74, 6) is -0.204. The molecule has 1 aromatic heterocycles. The minimum Gasteiger partial charge on any atom is -0.375 e. The van der Waals surface area contributed by atoms with Crippen molar-refractivity contribution in [3.8, 4) is 11.3 Å². The second kappa shape index (κ2) is 3.96. The fraction of sp³-hybridized carbons (Fsp3) is 0.167. The van der Waals surface area contributed by atoms with Gasteiger partial charge in [0.1, 0.15) is 0 Å². The number of amides is 1. The number of halogens is 1. The summed E-state index contributed by atoms with van der Waals surface area (Å²) in [7, 11) is 0. The maximum absolute atomic E-state index is 11.7. The van der Waals surface area contributed by atoms with Gasteiger partial charge >= 0.3 is 0 Å². The van der Waals surface area contributed by atoms with Crippen LogP contribution in [0.3, 0.4) is 0 Å². The van der Waals surface area contributed by atoms with Crippen molar-refractivity contribution in [2.75, 3.05) is 11.1 Å². The monoisotopic (exact) mass is 279 g/mol. The Labute approximate surface area is 113 Å². The molecule has 4 nitrogen and oxygen atoms in total. The third-order valence-corrected chi connectivity index (χ3v) is 3.93. The first-order valence-electron chi connectivity index (χ1n) is 5.42. The van der Waals surface area contributed by atoms with Gasteiger partial charge in [-0.3, -0.25) is 4.79 Å². The number of hydrogen-bond acceptors (Lipinski definition) is 4. The number of anilines is 2. The van der Waals surface area contributed by atoms with Gasteiger partial charge in [0.05, 0.1) is 17.3 Å². The van der Waals surface area contributed by atoms with Crippen LogP contribution in [0.15, 0.2) is 17.5 Å². The SMILES string of the molecule is CC1C(=O)Nc2c(-c3csc(N)n3)cc(Cl)cc21. The minimum atomic E-state index is -0.187. The van der Waals surface area contributed by atoms with Crippen molar-refractivity contribution in [1.29, 1.82) is 0 Å². The Balaban J connectivity index is 2.23. The molecule has 0 spiro atoms. The molecule has 1 amide bonds. The summed E-state index contributed by atoms with van der Waals surface area (Å²) in [5.41, 5.74) is 8.91. The number of nitrogens with zero attached hydrogens (tertiary/aromatic N) is 1. The van der Waals surface area contributed by atoms with Gasteiger partial charge in [0.15, 0.2) is 5.13 Å². The predicted octanol–water partition coefficient (Wildman–Crippen LogP) is 3.10. The average Bonchev–Trinajstić information content (AvgIpc) is 2.86. The van der Waals surface area contributed by atoms with E-state index < -0.39 is 0 Å². The molecule has 0 aliphatic carbocycles. The first-order valence-corrected chi connectivity index (χ1v) is 6.67. The van der Waals surface area contributed by atoms with E-state index in [9.17, 15) is 4.79 Å². The van der Waals surface area contributed by atoms with Crippen molar-refractivity contribution in [3.63, 3.8) is 0 Å². The normalized spacial score (nSPS) is 17.7. The molecular formula is C12H10ClN3OS. The summed E-state index contributed by atoms with van der Waals surface area (Å²) in [5, 5.41) is 5.83. The zero-order valence-electron chi connectivity index (χ0n) is 9.53. The lowest BCUT2D eigenvalue weighted by atomic mass is 9.99. The van der Waals surface area contributed by atoms with Gasteiger partial charge < -0.3 is 11.1 Å². The highest BCUT2D eigenvalue weighted by Crippen LogP contribution is 2.42. The van der Waals surface area contributed by atoms with Crippen LogP contribution in [0.2, 0.25) is 5.02 Å². The molecule has 1 atom stereocenters. The molecular weight excluding hydrogens is 270 g/mol. The number of benzene rings is 1. The van der Waals surface area contributed by atoms with Gasteiger partial charge in [0.2, 0.25) is 5.91 Å². The minimum absolute atomic E-state index is 0.0169. The highest BCUT2D eigenvalue weighted by molar-refractivity contribution is 7.13. The molecule has 1 aromatic carbocycles. The lowest BCUT2D eigenvalue weighted by Gasteiger charge is -2.07. The van der Waals surface area contributed by atoms with E-state index in [0.29, 0.717) is 10.2 Å². The van der Waals surface area contributed by atoms with Crippen molar-refractivity contribution < 1.29 is 4.79 Å². The molecule has 0 radical (unpaired) electrons. The zero-order chi connectivity index (χ0) is 12.9. The molecule has 6 heteroatoms. The second-order valence-corrected chi connectivity index (χ2v) is 5.53. The van der Waals surface area contributed by atoms with E-state index in [1.165, 1.54) is 11.3 Å². The summed E-state index contributed by atoms with van der Waals surface area (Å²) >= 11 is 7.47. The van der Waals surface area contributed by atoms with Gasteiger partial charge in [-0.05, 0) is 24.6 Å². The largest absolute Gasteiger partial charge is 0.375 e. The fourth-order valence-electron chi connectivity index (χ4n) is 2.09. The Hall–Kier alpha value is -1.59. The molecule has 2 aromatic rings. The number of carbonyl (C=O) groups is 1. The van der Waals surface area contributed by atoms with Crippen LogP contribution in [0.4, 0.5) is 10.8 Å². The van der Waals surface area contributed by atoms with Gasteiger partial charge in [-0.1, -0.05) is 11.6 Å². The number of nitrogen functional groups attached to an aromatic ring is 1. The van der Waals surface area contributed by atoms with E-state index in [4.69, 9.17) is 17.3 Å². The molecule has 0 fully saturated rings. The van der Waals surface area contributed by atoms with Crippen molar-refractivity contribution in [2.45, 2.75) is 12.8 Å². The smallest absolute Gasteiger partial charge is 0.231 e. The molecule has 1 aliphatic heterocycles. The van der Waals surface area contributed by atoms with Crippen LogP contribution < -0.4 is 11.1 Å². The third-order valence-electron chi connectivity index (χ3n) is 3.04. The summed E-state index contributed by atoms with van der Waals surface area (Å²) in [6.07, 6.45) is 0. The van der Waals surface area contributed by atoms with Crippen molar-refractivity contribution in [3.05, 3.63) is 28.1 Å². The molecule has 1 unspecified atom stereocenters. The quantitative estimate of drug-likeness (QED) is 0.843. The number of carbonyl (C=O) groups excluding carboxylic acids is 1. The Morgan fingerprint density at radius 2 is 2.28 bits per heavy atom. The average molecular weight is 280 g/mol. The summed E-state index contributed by atoms with van der Waals surface area (Å²) in [4.78, 5) is 16.0. The zero-order valence-corrected chi connectivity index (χ0v) is 11.1. The lowest BCUT2D eigenvalue weighted by Crippen LogP contribution is -2.08. The number of thiazole rings is 1. The standard InChI is InChI=1S/C12H10ClN3OS/c1-5-7-2-6(13)3-8(10(7)16-11(5)17)9-4-18-12(14)15-9/h2-5H,1H3,(H2,14,15)(H,16,17). The van der Waals surface area contributed by atoms with E-state index in [2.05, 4.69) is 10.3 Å². The van der Waals surface area contributed by atoms with Crippen molar-refractivity contribution >= 4 is 39.7 Å². The van der Waals surface area contributed by atoms with Crippen LogP contribution in [-0.4, -0.2) is 10.9 Å². The highest BCUT2D eigenvalue weighted by Gasteiger charge is 2.29. The van der Waals surface area contributed by atoms with E-state index in [1.54, 1.807) is 6.07 Å². The number of nitrogens with one attached hydrogen (secondary N) is 1. The predicted molar refractivity (Wildman–Crippen MR) is 74.0 cm³/mol. The number of fused-ring (bicyclic) bond motifs is 1. The van der Waals surface area contributed by atoms with Crippen LogP contribution >= 0.6 is 22.9 Å². The first-order chi connectivity index (χ1) is 8.56. The van der Waals surface area contributed by atoms with Crippen LogP contribution in [0, 0.1) is 0 Å². The van der Waals surface area contributed by atoms with Crippen molar-refractivity contribution in [1.82, 2.24) is 4.98 Å². The number of aromatic nitrogens is 1. The van der Waals surface area contributed by atoms with E-state index in [0.717, 1.165) is 22.5 Å². The van der Waals surface area contributed by atoms with Gasteiger partial charge in [-0.15, -0.1) is 11.3 Å². The highest BCUT2D eigenvalue weighted by atomic mass is 35.5. The number of hydrogen-bond donors (Lipinski definition) is 2. The summed E-state index contributed by atoms with van der Waals surface area (Å²) < 4.78 is 0. The molecule has 3 N–H and O–H groups in total. The van der Waals surface area contributed by atoms with Gasteiger partial charge in [0, 0.05) is 16.0 Å². The van der Waals surface area contributed by atoms with Crippen LogP contribution in [0.5, 0.6) is 0 Å². The summed E-state index contributed by atoms with van der Waals surface area (Å²) in [6, 6.07) is 3.62. The second-order valence-electron chi connectivity index (χ2n) is 4.20. The van der Waals surface area contributed by atoms with Crippen LogP contribution in [0.1, 0.15) is 18.4 Å². The van der Waals surface area contributed by atoms with Crippen LogP contribution in [-0.2, 0) is 4.79 Å². The Bertz CT molecular complexity index is 653. The lowest BCUT2D eigenvalue weighted by molar-refractivity contribution is -0.116. The number of nitrogens with two attached hydrogens (primary N) is 1. The molecule has 1 aliphatic rings. The Morgan fingerprint density at radius 1 is 1.50 bits per heavy atom. The van der Waals surface area contributed by atoms with E-state index in [-0.39, 0.29) is 11.8 Å². The Kier molecular flexibility index (Phi) is 2.53. The van der Waals surface area contributed by atoms with Gasteiger partial charge in [-0.2, -0.15) is 0 Å². The third kappa shape index (κ3) is 1.67. The molecule has 0 bridgehead atoms. The topological polar surface area (TPSA) is 68.0 Å². The van der Waals surface area contributed by atoms with Crippen LogP contribution in [0.25, 0.3) is 11.3 Å². The molecule has 92 valence electrons. The van der Waals surface area contributed by atoms with Gasteiger partial charge in [-0.25, -0.2) is 4.98 Å². The van der Waals surface area contributed by atoms with Gasteiger partial charge in [0.25, 0.3) is 0 Å². The maximum atomic E-state index is 11.7. The van der Waals surface area contributed by atoms with E-state index >= 15 is 0 Å². The first kappa shape index (κ1) is 11.5.